The second-order valence-electron chi connectivity index (χ2n) is 9.34. The molecule has 10 nitrogen and oxygen atoms in total. The Balaban J connectivity index is 1.65. The molecule has 5 aromatic rings. The maximum atomic E-state index is 13.6. The first kappa shape index (κ1) is 21.7. The van der Waals surface area contributed by atoms with Crippen LogP contribution in [0.25, 0.3) is 44.7 Å². The molecule has 35 heavy (non-hydrogen) atoms. The number of furan rings is 1. The van der Waals surface area contributed by atoms with E-state index in [-0.39, 0.29) is 23.9 Å². The lowest BCUT2D eigenvalue weighted by Gasteiger charge is -2.34. The molecule has 6 heterocycles. The van der Waals surface area contributed by atoms with Crippen LogP contribution in [0, 0.1) is 0 Å². The number of nitrogens with zero attached hydrogens (tertiary/aromatic N) is 7. The van der Waals surface area contributed by atoms with Crippen molar-refractivity contribution in [1.29, 1.82) is 0 Å². The first-order chi connectivity index (χ1) is 16.9. The van der Waals surface area contributed by atoms with Crippen molar-refractivity contribution in [3.63, 3.8) is 0 Å². The van der Waals surface area contributed by atoms with Gasteiger partial charge in [-0.25, -0.2) is 9.78 Å². The van der Waals surface area contributed by atoms with Crippen LogP contribution in [-0.4, -0.2) is 46.3 Å². The standard InChI is InChI=1S/C25H27N7O3/c1-5-18-9-17(8-14(2)34-18)32-23-22-20(7-6-19(28-22)15-10-26-30(3)12-15)35-24(23)21(29-25(32)33)16-11-27-31(4)13-16/h6-7,10-14,17-18H,5,8-9H2,1-4H3/t14-,17+,18+/m1/s1. The lowest BCUT2D eigenvalue weighted by Crippen LogP contribution is -2.37. The third kappa shape index (κ3) is 3.65. The van der Waals surface area contributed by atoms with E-state index in [0.717, 1.165) is 29.7 Å². The van der Waals surface area contributed by atoms with E-state index in [4.69, 9.17) is 14.1 Å². The summed E-state index contributed by atoms with van der Waals surface area (Å²) in [6.45, 7) is 4.16. The monoisotopic (exact) mass is 473 g/mol. The van der Waals surface area contributed by atoms with Gasteiger partial charge in [0.25, 0.3) is 0 Å². The van der Waals surface area contributed by atoms with Crippen molar-refractivity contribution in [2.45, 2.75) is 51.4 Å². The van der Waals surface area contributed by atoms with Crippen molar-refractivity contribution in [2.75, 3.05) is 0 Å². The Morgan fingerprint density at radius 2 is 1.77 bits per heavy atom. The average Bonchev–Trinajstić information content (AvgIpc) is 3.56. The summed E-state index contributed by atoms with van der Waals surface area (Å²) in [6, 6.07) is 3.73. The predicted molar refractivity (Wildman–Crippen MR) is 131 cm³/mol. The molecule has 10 heteroatoms. The van der Waals surface area contributed by atoms with Gasteiger partial charge >= 0.3 is 5.69 Å². The van der Waals surface area contributed by atoms with Gasteiger partial charge in [-0.05, 0) is 38.3 Å². The van der Waals surface area contributed by atoms with Crippen molar-refractivity contribution in [1.82, 2.24) is 34.1 Å². The Bertz CT molecular complexity index is 1610. The average molecular weight is 474 g/mol. The second-order valence-corrected chi connectivity index (χ2v) is 9.34. The minimum absolute atomic E-state index is 0.0377. The zero-order valence-electron chi connectivity index (χ0n) is 20.2. The molecule has 0 spiro atoms. The number of aromatic nitrogens is 7. The number of rotatable bonds is 4. The molecule has 180 valence electrons. The van der Waals surface area contributed by atoms with Gasteiger partial charge in [0.2, 0.25) is 0 Å². The summed E-state index contributed by atoms with van der Waals surface area (Å²) in [6.07, 6.45) is 9.67. The largest absolute Gasteiger partial charge is 0.450 e. The number of pyridine rings is 1. The fraction of sp³-hybridized carbons (Fsp3) is 0.400. The summed E-state index contributed by atoms with van der Waals surface area (Å²) in [5, 5.41) is 8.54. The molecule has 5 aromatic heterocycles. The van der Waals surface area contributed by atoms with E-state index in [1.807, 2.05) is 38.6 Å². The quantitative estimate of drug-likeness (QED) is 0.390. The van der Waals surface area contributed by atoms with Gasteiger partial charge in [-0.3, -0.25) is 13.9 Å². The van der Waals surface area contributed by atoms with E-state index in [0.29, 0.717) is 34.3 Å². The summed E-state index contributed by atoms with van der Waals surface area (Å²) in [5.74, 6) is 0. The Labute approximate surface area is 201 Å². The van der Waals surface area contributed by atoms with Crippen molar-refractivity contribution < 1.29 is 9.15 Å². The molecule has 1 fully saturated rings. The minimum Gasteiger partial charge on any atom is -0.450 e. The molecule has 6 rings (SSSR count). The van der Waals surface area contributed by atoms with Crippen molar-refractivity contribution in [3.8, 4) is 22.5 Å². The van der Waals surface area contributed by atoms with Gasteiger partial charge < -0.3 is 9.15 Å². The summed E-state index contributed by atoms with van der Waals surface area (Å²) in [4.78, 5) is 23.1. The lowest BCUT2D eigenvalue weighted by molar-refractivity contribution is -0.0594. The van der Waals surface area contributed by atoms with E-state index in [2.05, 4.69) is 29.0 Å². The van der Waals surface area contributed by atoms with Crippen LogP contribution in [0.4, 0.5) is 0 Å². The van der Waals surface area contributed by atoms with Crippen LogP contribution < -0.4 is 5.69 Å². The van der Waals surface area contributed by atoms with Crippen LogP contribution in [0.5, 0.6) is 0 Å². The molecule has 1 aliphatic heterocycles. The van der Waals surface area contributed by atoms with Crippen LogP contribution in [0.15, 0.2) is 46.1 Å². The summed E-state index contributed by atoms with van der Waals surface area (Å²) in [7, 11) is 3.70. The normalized spacial score (nSPS) is 20.7. The fourth-order valence-electron chi connectivity index (χ4n) is 5.13. The zero-order chi connectivity index (χ0) is 24.3. The van der Waals surface area contributed by atoms with Gasteiger partial charge in [-0.1, -0.05) is 6.92 Å². The molecule has 0 N–H and O–H groups in total. The van der Waals surface area contributed by atoms with Gasteiger partial charge in [0.15, 0.2) is 11.2 Å². The maximum Gasteiger partial charge on any atom is 0.349 e. The molecular weight excluding hydrogens is 446 g/mol. The van der Waals surface area contributed by atoms with E-state index in [1.165, 1.54) is 0 Å². The van der Waals surface area contributed by atoms with Crippen molar-refractivity contribution in [2.24, 2.45) is 14.1 Å². The van der Waals surface area contributed by atoms with Crippen molar-refractivity contribution in [3.05, 3.63) is 47.4 Å². The highest BCUT2D eigenvalue weighted by molar-refractivity contribution is 6.05. The summed E-state index contributed by atoms with van der Waals surface area (Å²) < 4.78 is 17.6. The molecule has 1 aliphatic rings. The van der Waals surface area contributed by atoms with Gasteiger partial charge in [0, 0.05) is 43.7 Å². The number of hydrogen-bond donors (Lipinski definition) is 0. The molecule has 0 bridgehead atoms. The third-order valence-corrected chi connectivity index (χ3v) is 6.74. The number of ether oxygens (including phenoxy) is 1. The van der Waals surface area contributed by atoms with E-state index in [1.54, 1.807) is 26.3 Å². The molecule has 0 radical (unpaired) electrons. The molecule has 0 amide bonds. The SMILES string of the molecule is CC[C@H]1C[C@@H](n2c(=O)nc(-c3cnn(C)c3)c3oc4ccc(-c5cnn(C)c5)nc4c32)C[C@@H](C)O1. The van der Waals surface area contributed by atoms with E-state index < -0.39 is 0 Å². The van der Waals surface area contributed by atoms with Crippen LogP contribution in [0.1, 0.15) is 39.2 Å². The van der Waals surface area contributed by atoms with Crippen LogP contribution in [0.2, 0.25) is 0 Å². The van der Waals surface area contributed by atoms with Gasteiger partial charge in [-0.15, -0.1) is 0 Å². The fourth-order valence-corrected chi connectivity index (χ4v) is 5.13. The van der Waals surface area contributed by atoms with Gasteiger partial charge in [0.05, 0.1) is 30.3 Å². The van der Waals surface area contributed by atoms with Crippen molar-refractivity contribution >= 4 is 22.2 Å². The van der Waals surface area contributed by atoms with Crippen LogP contribution >= 0.6 is 0 Å². The third-order valence-electron chi connectivity index (χ3n) is 6.74. The molecule has 0 unspecified atom stereocenters. The first-order valence-electron chi connectivity index (χ1n) is 11.9. The number of fused-ring (bicyclic) bond motifs is 3. The Morgan fingerprint density at radius 1 is 1.03 bits per heavy atom. The summed E-state index contributed by atoms with van der Waals surface area (Å²) in [5.41, 5.74) is 4.98. The molecule has 0 aromatic carbocycles. The Kier molecular flexibility index (Phi) is 5.06. The van der Waals surface area contributed by atoms with Crippen LogP contribution in [0.3, 0.4) is 0 Å². The highest BCUT2D eigenvalue weighted by Gasteiger charge is 2.32. The lowest BCUT2D eigenvalue weighted by atomic mass is 9.97. The molecular formula is C25H27N7O3. The molecule has 1 saturated heterocycles. The van der Waals surface area contributed by atoms with E-state index >= 15 is 0 Å². The summed E-state index contributed by atoms with van der Waals surface area (Å²) >= 11 is 0. The Morgan fingerprint density at radius 3 is 2.46 bits per heavy atom. The predicted octanol–water partition coefficient (Wildman–Crippen LogP) is 3.86. The number of hydrogen-bond acceptors (Lipinski definition) is 7. The topological polar surface area (TPSA) is 106 Å². The first-order valence-corrected chi connectivity index (χ1v) is 11.9. The van der Waals surface area contributed by atoms with Gasteiger partial charge in [0.1, 0.15) is 16.7 Å². The van der Waals surface area contributed by atoms with E-state index in [9.17, 15) is 4.79 Å². The van der Waals surface area contributed by atoms with Gasteiger partial charge in [-0.2, -0.15) is 15.2 Å². The molecule has 0 saturated carbocycles. The Hall–Kier alpha value is -3.79. The molecule has 0 aliphatic carbocycles. The van der Waals surface area contributed by atoms with Crippen LogP contribution in [-0.2, 0) is 18.8 Å². The highest BCUT2D eigenvalue weighted by Crippen LogP contribution is 2.38. The highest BCUT2D eigenvalue weighted by atomic mass is 16.5. The molecule has 3 atom stereocenters. The zero-order valence-corrected chi connectivity index (χ0v) is 20.2. The second kappa shape index (κ2) is 8.16. The smallest absolute Gasteiger partial charge is 0.349 e. The maximum absolute atomic E-state index is 13.6. The number of aryl methyl sites for hydroxylation is 2. The minimum atomic E-state index is -0.318.